The maximum absolute atomic E-state index is 12.8. The van der Waals surface area contributed by atoms with E-state index in [1.165, 1.54) is 23.3 Å². The van der Waals surface area contributed by atoms with E-state index >= 15 is 0 Å². The Labute approximate surface area is 130 Å². The van der Waals surface area contributed by atoms with Crippen LogP contribution < -0.4 is 10.6 Å². The van der Waals surface area contributed by atoms with Crippen molar-refractivity contribution in [3.8, 4) is 0 Å². The normalized spacial score (nSPS) is 10.5. The van der Waals surface area contributed by atoms with Crippen molar-refractivity contribution >= 4 is 5.91 Å². The van der Waals surface area contributed by atoms with Gasteiger partial charge in [-0.1, -0.05) is 36.4 Å². The zero-order valence-corrected chi connectivity index (χ0v) is 12.7. The highest BCUT2D eigenvalue weighted by atomic mass is 19.1. The van der Waals surface area contributed by atoms with Crippen LogP contribution in [-0.4, -0.2) is 19.0 Å². The van der Waals surface area contributed by atoms with Gasteiger partial charge < -0.3 is 10.6 Å². The molecule has 0 heterocycles. The predicted octanol–water partition coefficient (Wildman–Crippen LogP) is 2.58. The third kappa shape index (κ3) is 5.30. The SMILES string of the molecule is Cc1ccccc1CNCC(=O)NCCc1ccc(F)cc1. The molecule has 2 N–H and O–H groups in total. The summed E-state index contributed by atoms with van der Waals surface area (Å²) in [5, 5.41) is 5.99. The summed E-state index contributed by atoms with van der Waals surface area (Å²) in [7, 11) is 0. The summed E-state index contributed by atoms with van der Waals surface area (Å²) in [4.78, 5) is 11.7. The molecule has 4 heteroatoms. The number of carbonyl (C=O) groups is 1. The largest absolute Gasteiger partial charge is 0.355 e. The summed E-state index contributed by atoms with van der Waals surface area (Å²) in [6.45, 7) is 3.58. The van der Waals surface area contributed by atoms with Gasteiger partial charge in [-0.15, -0.1) is 0 Å². The van der Waals surface area contributed by atoms with E-state index in [1.807, 2.05) is 12.1 Å². The number of hydrogen-bond acceptors (Lipinski definition) is 2. The number of hydrogen-bond donors (Lipinski definition) is 2. The fourth-order valence-electron chi connectivity index (χ4n) is 2.18. The number of benzene rings is 2. The van der Waals surface area contributed by atoms with E-state index in [0.717, 1.165) is 5.56 Å². The predicted molar refractivity (Wildman–Crippen MR) is 86.0 cm³/mol. The van der Waals surface area contributed by atoms with E-state index in [0.29, 0.717) is 19.5 Å². The van der Waals surface area contributed by atoms with Crippen molar-refractivity contribution < 1.29 is 9.18 Å². The minimum Gasteiger partial charge on any atom is -0.355 e. The average Bonchev–Trinajstić information content (AvgIpc) is 2.51. The van der Waals surface area contributed by atoms with Crippen LogP contribution in [0.2, 0.25) is 0 Å². The van der Waals surface area contributed by atoms with E-state index in [2.05, 4.69) is 29.7 Å². The van der Waals surface area contributed by atoms with Crippen molar-refractivity contribution in [2.24, 2.45) is 0 Å². The minimum absolute atomic E-state index is 0.0318. The van der Waals surface area contributed by atoms with Gasteiger partial charge in [0.15, 0.2) is 0 Å². The van der Waals surface area contributed by atoms with Crippen LogP contribution in [0.1, 0.15) is 16.7 Å². The first-order chi connectivity index (χ1) is 10.6. The van der Waals surface area contributed by atoms with Crippen LogP contribution in [0, 0.1) is 12.7 Å². The summed E-state index contributed by atoms with van der Waals surface area (Å²) in [5.74, 6) is -0.274. The second-order valence-corrected chi connectivity index (χ2v) is 5.26. The molecule has 0 aliphatic rings. The Morgan fingerprint density at radius 2 is 1.82 bits per heavy atom. The van der Waals surface area contributed by atoms with E-state index in [4.69, 9.17) is 0 Å². The van der Waals surface area contributed by atoms with Crippen molar-refractivity contribution in [2.75, 3.05) is 13.1 Å². The third-order valence-corrected chi connectivity index (χ3v) is 3.51. The summed E-state index contributed by atoms with van der Waals surface area (Å²) in [5.41, 5.74) is 3.42. The lowest BCUT2D eigenvalue weighted by Gasteiger charge is -2.08. The highest BCUT2D eigenvalue weighted by Crippen LogP contribution is 2.05. The Bertz CT molecular complexity index is 611. The number of nitrogens with one attached hydrogen (secondary N) is 2. The Kier molecular flexibility index (Phi) is 6.10. The van der Waals surface area contributed by atoms with Crippen molar-refractivity contribution in [2.45, 2.75) is 19.9 Å². The van der Waals surface area contributed by atoms with Crippen molar-refractivity contribution in [3.05, 3.63) is 71.0 Å². The molecule has 116 valence electrons. The Balaban J connectivity index is 1.64. The van der Waals surface area contributed by atoms with Gasteiger partial charge in [-0.05, 0) is 42.2 Å². The molecule has 2 aromatic rings. The Morgan fingerprint density at radius 3 is 2.55 bits per heavy atom. The molecule has 0 fully saturated rings. The summed E-state index contributed by atoms with van der Waals surface area (Å²) >= 11 is 0. The lowest BCUT2D eigenvalue weighted by molar-refractivity contribution is -0.120. The smallest absolute Gasteiger partial charge is 0.233 e. The third-order valence-electron chi connectivity index (χ3n) is 3.51. The Morgan fingerprint density at radius 1 is 1.09 bits per heavy atom. The fourth-order valence-corrected chi connectivity index (χ4v) is 2.18. The molecule has 0 unspecified atom stereocenters. The maximum atomic E-state index is 12.8. The lowest BCUT2D eigenvalue weighted by atomic mass is 10.1. The molecule has 0 aromatic heterocycles. The molecular formula is C18H21FN2O. The highest BCUT2D eigenvalue weighted by Gasteiger charge is 2.02. The average molecular weight is 300 g/mol. The molecule has 0 aliphatic heterocycles. The molecule has 2 rings (SSSR count). The van der Waals surface area contributed by atoms with Crippen LogP contribution in [0.15, 0.2) is 48.5 Å². The molecule has 0 radical (unpaired) electrons. The van der Waals surface area contributed by atoms with E-state index in [-0.39, 0.29) is 18.3 Å². The van der Waals surface area contributed by atoms with Gasteiger partial charge >= 0.3 is 0 Å². The van der Waals surface area contributed by atoms with Gasteiger partial charge in [0, 0.05) is 13.1 Å². The van der Waals surface area contributed by atoms with Crippen LogP contribution in [0.25, 0.3) is 0 Å². The minimum atomic E-state index is -0.242. The Hall–Kier alpha value is -2.20. The van der Waals surface area contributed by atoms with Crippen LogP contribution in [0.3, 0.4) is 0 Å². The van der Waals surface area contributed by atoms with Gasteiger partial charge in [-0.3, -0.25) is 4.79 Å². The van der Waals surface area contributed by atoms with Crippen LogP contribution in [0.5, 0.6) is 0 Å². The molecular weight excluding hydrogens is 279 g/mol. The number of amides is 1. The quantitative estimate of drug-likeness (QED) is 0.825. The molecule has 0 bridgehead atoms. The first-order valence-electron chi connectivity index (χ1n) is 7.41. The van der Waals surface area contributed by atoms with Gasteiger partial charge in [0.25, 0.3) is 0 Å². The van der Waals surface area contributed by atoms with Crippen LogP contribution in [-0.2, 0) is 17.8 Å². The monoisotopic (exact) mass is 300 g/mol. The zero-order valence-electron chi connectivity index (χ0n) is 12.7. The summed E-state index contributed by atoms with van der Waals surface area (Å²) in [6, 6.07) is 14.4. The zero-order chi connectivity index (χ0) is 15.8. The molecule has 0 saturated heterocycles. The van der Waals surface area contributed by atoms with Crippen LogP contribution >= 0.6 is 0 Å². The first-order valence-corrected chi connectivity index (χ1v) is 7.41. The topological polar surface area (TPSA) is 41.1 Å². The standard InChI is InChI=1S/C18H21FN2O/c1-14-4-2-3-5-16(14)12-20-13-18(22)21-11-10-15-6-8-17(19)9-7-15/h2-9,20H,10-13H2,1H3,(H,21,22). The van der Waals surface area contributed by atoms with Crippen molar-refractivity contribution in [1.29, 1.82) is 0 Å². The van der Waals surface area contributed by atoms with Gasteiger partial charge in [-0.2, -0.15) is 0 Å². The number of rotatable bonds is 7. The first kappa shape index (κ1) is 16.2. The van der Waals surface area contributed by atoms with Crippen LogP contribution in [0.4, 0.5) is 4.39 Å². The van der Waals surface area contributed by atoms with Crippen molar-refractivity contribution in [3.63, 3.8) is 0 Å². The number of halogens is 1. The summed E-state index contributed by atoms with van der Waals surface area (Å²) < 4.78 is 12.8. The van der Waals surface area contributed by atoms with Crippen molar-refractivity contribution in [1.82, 2.24) is 10.6 Å². The highest BCUT2D eigenvalue weighted by molar-refractivity contribution is 5.77. The fraction of sp³-hybridized carbons (Fsp3) is 0.278. The van der Waals surface area contributed by atoms with Gasteiger partial charge in [0.05, 0.1) is 6.54 Å². The molecule has 0 saturated carbocycles. The molecule has 0 aliphatic carbocycles. The number of carbonyl (C=O) groups excluding carboxylic acids is 1. The molecule has 3 nitrogen and oxygen atoms in total. The molecule has 0 atom stereocenters. The summed E-state index contributed by atoms with van der Waals surface area (Å²) in [6.07, 6.45) is 0.698. The number of aryl methyl sites for hydroxylation is 1. The molecule has 2 aromatic carbocycles. The molecule has 22 heavy (non-hydrogen) atoms. The van der Waals surface area contributed by atoms with Gasteiger partial charge in [-0.25, -0.2) is 4.39 Å². The molecule has 0 spiro atoms. The lowest BCUT2D eigenvalue weighted by Crippen LogP contribution is -2.34. The second-order valence-electron chi connectivity index (χ2n) is 5.26. The van der Waals surface area contributed by atoms with E-state index in [1.54, 1.807) is 12.1 Å². The second kappa shape index (κ2) is 8.29. The van der Waals surface area contributed by atoms with Gasteiger partial charge in [0.2, 0.25) is 5.91 Å². The van der Waals surface area contributed by atoms with E-state index < -0.39 is 0 Å². The van der Waals surface area contributed by atoms with Gasteiger partial charge in [0.1, 0.15) is 5.82 Å². The maximum Gasteiger partial charge on any atom is 0.233 e. The van der Waals surface area contributed by atoms with E-state index in [9.17, 15) is 9.18 Å². The molecule has 1 amide bonds.